The first kappa shape index (κ1) is 22.1. The number of benzene rings is 3. The predicted molar refractivity (Wildman–Crippen MR) is 128 cm³/mol. The van der Waals surface area contributed by atoms with Crippen molar-refractivity contribution in [2.75, 3.05) is 0 Å². The summed E-state index contributed by atoms with van der Waals surface area (Å²) < 4.78 is 0. The fourth-order valence-corrected chi connectivity index (χ4v) is 6.82. The number of carbonyl (C=O) groups excluding carboxylic acids is 2. The van der Waals surface area contributed by atoms with Crippen molar-refractivity contribution < 1.29 is 9.59 Å². The number of hydrogen-bond donors (Lipinski definition) is 0. The molecule has 0 saturated carbocycles. The van der Waals surface area contributed by atoms with Crippen LogP contribution in [-0.4, -0.2) is 11.0 Å². The topological polar surface area (TPSA) is 34.1 Å². The zero-order valence-electron chi connectivity index (χ0n) is 18.9. The number of hydrogen-bond acceptors (Lipinski definition) is 2. The zero-order valence-corrected chi connectivity index (χ0v) is 19.8. The lowest BCUT2D eigenvalue weighted by molar-refractivity contribution is 0.105. The van der Waals surface area contributed by atoms with Gasteiger partial charge in [-0.3, -0.25) is 9.59 Å². The summed E-state index contributed by atoms with van der Waals surface area (Å²) in [5.41, 5.74) is 8.22. The minimum atomic E-state index is -1.71. The molecular formula is C27H29O2P. The molecule has 3 aromatic carbocycles. The lowest BCUT2D eigenvalue weighted by Gasteiger charge is -2.22. The third-order valence-corrected chi connectivity index (χ3v) is 7.79. The molecule has 30 heavy (non-hydrogen) atoms. The molecule has 2 nitrogen and oxygen atoms in total. The molecule has 0 aliphatic rings. The molecule has 0 heterocycles. The molecule has 0 fully saturated rings. The largest absolute Gasteiger partial charge is 0.288 e. The van der Waals surface area contributed by atoms with Crippen molar-refractivity contribution in [1.82, 2.24) is 0 Å². The highest BCUT2D eigenvalue weighted by Crippen LogP contribution is 2.45. The van der Waals surface area contributed by atoms with Gasteiger partial charge in [-0.15, -0.1) is 0 Å². The van der Waals surface area contributed by atoms with Gasteiger partial charge in [0.1, 0.15) is 0 Å². The van der Waals surface area contributed by atoms with Crippen molar-refractivity contribution in [3.8, 4) is 0 Å². The lowest BCUT2D eigenvalue weighted by Crippen LogP contribution is -2.20. The van der Waals surface area contributed by atoms with Gasteiger partial charge in [0.25, 0.3) is 0 Å². The average Bonchev–Trinajstić information content (AvgIpc) is 2.61. The normalized spacial score (nSPS) is 11.1. The van der Waals surface area contributed by atoms with Gasteiger partial charge in [0.15, 0.2) is 11.0 Å². The highest BCUT2D eigenvalue weighted by molar-refractivity contribution is 7.96. The van der Waals surface area contributed by atoms with E-state index in [9.17, 15) is 9.59 Å². The van der Waals surface area contributed by atoms with Crippen LogP contribution in [0.4, 0.5) is 0 Å². The van der Waals surface area contributed by atoms with Crippen LogP contribution in [0.2, 0.25) is 0 Å². The quantitative estimate of drug-likeness (QED) is 0.437. The van der Waals surface area contributed by atoms with Crippen LogP contribution in [0.1, 0.15) is 59.7 Å². The molecule has 0 aliphatic carbocycles. The monoisotopic (exact) mass is 416 g/mol. The van der Waals surface area contributed by atoms with E-state index >= 15 is 0 Å². The van der Waals surface area contributed by atoms with Gasteiger partial charge in [-0.05, 0) is 81.6 Å². The Morgan fingerprint density at radius 1 is 0.567 bits per heavy atom. The summed E-state index contributed by atoms with van der Waals surface area (Å²) in [6, 6.07) is 15.9. The Kier molecular flexibility index (Phi) is 6.38. The highest BCUT2D eigenvalue weighted by Gasteiger charge is 2.34. The molecule has 154 valence electrons. The van der Waals surface area contributed by atoms with E-state index in [4.69, 9.17) is 0 Å². The Bertz CT molecular complexity index is 1040. The molecule has 0 atom stereocenters. The fraction of sp³-hybridized carbons (Fsp3) is 0.259. The molecule has 3 heteroatoms. The Balaban J connectivity index is 2.25. The molecule has 3 rings (SSSR count). The standard InChI is InChI=1S/C27H29O2P/c1-16-12-19(4)24(20(5)13-16)26(28)30(23-11-9-8-10-18(23)3)27(29)25-21(6)14-17(2)15-22(25)7/h8-15H,1-7H3. The summed E-state index contributed by atoms with van der Waals surface area (Å²) in [6.07, 6.45) is 0. The maximum atomic E-state index is 14.0. The highest BCUT2D eigenvalue weighted by atomic mass is 31.1. The Labute approximate surface area is 181 Å². The van der Waals surface area contributed by atoms with Gasteiger partial charge in [-0.25, -0.2) is 0 Å². The molecule has 0 spiro atoms. The molecule has 0 bridgehead atoms. The summed E-state index contributed by atoms with van der Waals surface area (Å²) in [5, 5.41) is 0.848. The summed E-state index contributed by atoms with van der Waals surface area (Å²) in [6.45, 7) is 13.9. The van der Waals surface area contributed by atoms with E-state index in [-0.39, 0.29) is 11.0 Å². The zero-order chi connectivity index (χ0) is 22.2. The lowest BCUT2D eigenvalue weighted by atomic mass is 10.0. The average molecular weight is 417 g/mol. The molecule has 0 amide bonds. The van der Waals surface area contributed by atoms with Gasteiger partial charge in [-0.2, -0.15) is 0 Å². The van der Waals surface area contributed by atoms with Crippen molar-refractivity contribution >= 4 is 24.3 Å². The van der Waals surface area contributed by atoms with Crippen LogP contribution in [0, 0.1) is 48.5 Å². The Hall–Kier alpha value is -2.57. The van der Waals surface area contributed by atoms with E-state index in [1.165, 1.54) is 0 Å². The minimum absolute atomic E-state index is 0.0568. The van der Waals surface area contributed by atoms with E-state index < -0.39 is 7.92 Å². The van der Waals surface area contributed by atoms with Crippen LogP contribution in [-0.2, 0) is 0 Å². The third kappa shape index (κ3) is 4.16. The SMILES string of the molecule is Cc1cc(C)c(C(=O)P(C(=O)c2c(C)cc(C)cc2C)c2ccccc2C)c(C)c1. The first-order chi connectivity index (χ1) is 14.1. The summed E-state index contributed by atoms with van der Waals surface area (Å²) in [7, 11) is -1.71. The number of aryl methyl sites for hydroxylation is 7. The molecule has 0 unspecified atom stereocenters. The van der Waals surface area contributed by atoms with Gasteiger partial charge in [0.2, 0.25) is 0 Å². The molecule has 0 radical (unpaired) electrons. The van der Waals surface area contributed by atoms with E-state index in [1.54, 1.807) is 0 Å². The van der Waals surface area contributed by atoms with Gasteiger partial charge in [-0.1, -0.05) is 59.7 Å². The van der Waals surface area contributed by atoms with Crippen molar-refractivity contribution in [3.63, 3.8) is 0 Å². The Morgan fingerprint density at radius 2 is 0.933 bits per heavy atom. The maximum absolute atomic E-state index is 14.0. The molecule has 0 aliphatic heterocycles. The Morgan fingerprint density at radius 3 is 1.30 bits per heavy atom. The predicted octanol–water partition coefficient (Wildman–Crippen LogP) is 6.63. The summed E-state index contributed by atoms with van der Waals surface area (Å²) >= 11 is 0. The smallest absolute Gasteiger partial charge is 0.197 e. The van der Waals surface area contributed by atoms with Crippen LogP contribution >= 0.6 is 7.92 Å². The summed E-state index contributed by atoms with van der Waals surface area (Å²) in [5.74, 6) is 0. The summed E-state index contributed by atoms with van der Waals surface area (Å²) in [4.78, 5) is 27.9. The van der Waals surface area contributed by atoms with E-state index in [0.717, 1.165) is 44.2 Å². The van der Waals surface area contributed by atoms with Crippen LogP contribution in [0.25, 0.3) is 0 Å². The van der Waals surface area contributed by atoms with Gasteiger partial charge in [0.05, 0.1) is 7.92 Å². The molecule has 0 aromatic heterocycles. The van der Waals surface area contributed by atoms with Gasteiger partial charge >= 0.3 is 0 Å². The van der Waals surface area contributed by atoms with Crippen LogP contribution in [0.15, 0.2) is 48.5 Å². The maximum Gasteiger partial charge on any atom is 0.197 e. The van der Waals surface area contributed by atoms with Crippen LogP contribution in [0.3, 0.4) is 0 Å². The fourth-order valence-electron chi connectivity index (χ4n) is 4.38. The van der Waals surface area contributed by atoms with Crippen LogP contribution in [0.5, 0.6) is 0 Å². The van der Waals surface area contributed by atoms with Gasteiger partial charge in [0, 0.05) is 11.1 Å². The van der Waals surface area contributed by atoms with Crippen molar-refractivity contribution in [1.29, 1.82) is 0 Å². The molecule has 0 N–H and O–H groups in total. The molecular weight excluding hydrogens is 387 g/mol. The first-order valence-corrected chi connectivity index (χ1v) is 11.6. The molecule has 3 aromatic rings. The second kappa shape index (κ2) is 8.66. The minimum Gasteiger partial charge on any atom is -0.288 e. The third-order valence-electron chi connectivity index (χ3n) is 5.54. The number of rotatable bonds is 5. The van der Waals surface area contributed by atoms with Crippen molar-refractivity contribution in [3.05, 3.63) is 98.6 Å². The second-order valence-corrected chi connectivity index (χ2v) is 10.2. The van der Waals surface area contributed by atoms with E-state index in [2.05, 4.69) is 0 Å². The van der Waals surface area contributed by atoms with Crippen molar-refractivity contribution in [2.24, 2.45) is 0 Å². The van der Waals surface area contributed by atoms with E-state index in [1.807, 2.05) is 97.0 Å². The van der Waals surface area contributed by atoms with Gasteiger partial charge < -0.3 is 0 Å². The second-order valence-electron chi connectivity index (χ2n) is 8.28. The van der Waals surface area contributed by atoms with Crippen molar-refractivity contribution in [2.45, 2.75) is 48.5 Å². The molecule has 0 saturated heterocycles. The first-order valence-electron chi connectivity index (χ1n) is 10.2. The van der Waals surface area contributed by atoms with E-state index in [0.29, 0.717) is 11.1 Å². The number of carbonyl (C=O) groups is 2. The van der Waals surface area contributed by atoms with Crippen LogP contribution < -0.4 is 5.30 Å².